The van der Waals surface area contributed by atoms with Crippen LogP contribution < -0.4 is 0 Å². The van der Waals surface area contributed by atoms with Crippen molar-refractivity contribution in [3.05, 3.63) is 70.2 Å². The highest BCUT2D eigenvalue weighted by atomic mass is 79.9. The highest BCUT2D eigenvalue weighted by Crippen LogP contribution is 2.30. The van der Waals surface area contributed by atoms with E-state index in [1.165, 1.54) is 0 Å². The number of hydrogen-bond donors (Lipinski definition) is 1. The first-order valence-corrected chi connectivity index (χ1v) is 9.22. The first kappa shape index (κ1) is 19.5. The summed E-state index contributed by atoms with van der Waals surface area (Å²) in [4.78, 5) is 14.4. The zero-order valence-corrected chi connectivity index (χ0v) is 16.1. The highest BCUT2D eigenvalue weighted by Gasteiger charge is 2.30. The molecule has 0 aliphatic rings. The molecule has 1 N–H and O–H groups in total. The Kier molecular flexibility index (Phi) is 7.47. The van der Waals surface area contributed by atoms with Crippen LogP contribution in [0.5, 0.6) is 0 Å². The van der Waals surface area contributed by atoms with Crippen LogP contribution in [-0.2, 0) is 11.3 Å². The van der Waals surface area contributed by atoms with E-state index < -0.39 is 6.09 Å². The topological polar surface area (TPSA) is 49.8 Å². The van der Waals surface area contributed by atoms with Crippen LogP contribution in [0.2, 0.25) is 0 Å². The van der Waals surface area contributed by atoms with E-state index in [0.29, 0.717) is 6.42 Å². The van der Waals surface area contributed by atoms with Gasteiger partial charge in [0.2, 0.25) is 0 Å². The number of benzene rings is 2. The minimum absolute atomic E-state index is 0.105. The van der Waals surface area contributed by atoms with Crippen LogP contribution in [-0.4, -0.2) is 28.7 Å². The van der Waals surface area contributed by atoms with Crippen molar-refractivity contribution in [2.45, 2.75) is 39.0 Å². The van der Waals surface area contributed by atoms with Gasteiger partial charge in [-0.25, -0.2) is 4.79 Å². The normalized spacial score (nSPS) is 13.1. The monoisotopic (exact) mass is 405 g/mol. The van der Waals surface area contributed by atoms with Gasteiger partial charge >= 0.3 is 6.09 Å². The molecule has 25 heavy (non-hydrogen) atoms. The molecule has 0 aliphatic carbocycles. The molecule has 0 fully saturated rings. The van der Waals surface area contributed by atoms with Gasteiger partial charge in [-0.2, -0.15) is 0 Å². The van der Waals surface area contributed by atoms with E-state index in [9.17, 15) is 9.90 Å². The number of hydrogen-bond acceptors (Lipinski definition) is 3. The summed E-state index contributed by atoms with van der Waals surface area (Å²) in [6.07, 6.45) is 0.221. The van der Waals surface area contributed by atoms with Gasteiger partial charge in [-0.3, -0.25) is 4.90 Å². The number of carbonyl (C=O) groups is 1. The molecule has 0 heterocycles. The summed E-state index contributed by atoms with van der Waals surface area (Å²) in [7, 11) is 0. The Balaban J connectivity index is 2.20. The minimum atomic E-state index is -0.423. The van der Waals surface area contributed by atoms with Crippen molar-refractivity contribution in [3.8, 4) is 0 Å². The van der Waals surface area contributed by atoms with E-state index in [2.05, 4.69) is 15.9 Å². The predicted molar refractivity (Wildman–Crippen MR) is 102 cm³/mol. The summed E-state index contributed by atoms with van der Waals surface area (Å²) in [5.41, 5.74) is 1.91. The van der Waals surface area contributed by atoms with Crippen LogP contribution in [0.4, 0.5) is 4.79 Å². The standard InChI is InChI=1S/C20H24BrNO3/c1-3-17(13-23)22(15(2)18-11-7-8-12-19(18)21)20(24)25-14-16-9-5-4-6-10-16/h4-12,15,17,23H,3,13-14H2,1-2H3. The van der Waals surface area contributed by atoms with E-state index >= 15 is 0 Å². The Labute approximate surface area is 157 Å². The average Bonchev–Trinajstić information content (AvgIpc) is 2.65. The third-order valence-corrected chi connectivity index (χ3v) is 4.99. The van der Waals surface area contributed by atoms with Gasteiger partial charge in [0, 0.05) is 4.47 Å². The van der Waals surface area contributed by atoms with Crippen molar-refractivity contribution < 1.29 is 14.6 Å². The van der Waals surface area contributed by atoms with Crippen LogP contribution in [0.25, 0.3) is 0 Å². The van der Waals surface area contributed by atoms with Crippen LogP contribution >= 0.6 is 15.9 Å². The van der Waals surface area contributed by atoms with Crippen LogP contribution in [0.1, 0.15) is 37.4 Å². The van der Waals surface area contributed by atoms with Gasteiger partial charge < -0.3 is 9.84 Å². The molecule has 1 amide bonds. The summed E-state index contributed by atoms with van der Waals surface area (Å²) in [5, 5.41) is 9.73. The molecule has 0 spiro atoms. The van der Waals surface area contributed by atoms with E-state index in [-0.39, 0.29) is 25.3 Å². The molecule has 0 aliphatic heterocycles. The van der Waals surface area contributed by atoms with Gasteiger partial charge in [0.05, 0.1) is 18.7 Å². The number of carbonyl (C=O) groups excluding carboxylic acids is 1. The van der Waals surface area contributed by atoms with Crippen LogP contribution in [0.3, 0.4) is 0 Å². The minimum Gasteiger partial charge on any atom is -0.445 e. The number of aliphatic hydroxyl groups is 1. The van der Waals surface area contributed by atoms with Gasteiger partial charge in [-0.15, -0.1) is 0 Å². The molecule has 2 unspecified atom stereocenters. The number of ether oxygens (including phenoxy) is 1. The zero-order chi connectivity index (χ0) is 18.2. The van der Waals surface area contributed by atoms with Gasteiger partial charge in [0.1, 0.15) is 6.61 Å². The molecular weight excluding hydrogens is 382 g/mol. The SMILES string of the molecule is CCC(CO)N(C(=O)OCc1ccccc1)C(C)c1ccccc1Br. The maximum absolute atomic E-state index is 12.8. The van der Waals surface area contributed by atoms with Crippen molar-refractivity contribution in [2.75, 3.05) is 6.61 Å². The number of rotatable bonds is 7. The fraction of sp³-hybridized carbons (Fsp3) is 0.350. The molecule has 134 valence electrons. The molecule has 2 rings (SSSR count). The second kappa shape index (κ2) is 9.59. The predicted octanol–water partition coefficient (Wildman–Crippen LogP) is 4.92. The number of aliphatic hydroxyl groups excluding tert-OH is 1. The van der Waals surface area contributed by atoms with E-state index in [1.807, 2.05) is 68.4 Å². The third-order valence-electron chi connectivity index (χ3n) is 4.26. The van der Waals surface area contributed by atoms with E-state index in [4.69, 9.17) is 4.74 Å². The summed E-state index contributed by atoms with van der Waals surface area (Å²) < 4.78 is 6.44. The molecule has 4 nitrogen and oxygen atoms in total. The van der Waals surface area contributed by atoms with Crippen molar-refractivity contribution >= 4 is 22.0 Å². The van der Waals surface area contributed by atoms with Crippen LogP contribution in [0, 0.1) is 0 Å². The molecule has 0 aromatic heterocycles. The molecule has 0 saturated carbocycles. The molecular formula is C20H24BrNO3. The summed E-state index contributed by atoms with van der Waals surface area (Å²) >= 11 is 3.54. The lowest BCUT2D eigenvalue weighted by Crippen LogP contribution is -2.44. The smallest absolute Gasteiger partial charge is 0.410 e. The quantitative estimate of drug-likeness (QED) is 0.710. The van der Waals surface area contributed by atoms with Gasteiger partial charge in [-0.1, -0.05) is 71.4 Å². The summed E-state index contributed by atoms with van der Waals surface area (Å²) in [6, 6.07) is 16.8. The largest absolute Gasteiger partial charge is 0.445 e. The second-order valence-electron chi connectivity index (χ2n) is 5.89. The maximum atomic E-state index is 12.8. The zero-order valence-electron chi connectivity index (χ0n) is 14.6. The molecule has 2 aromatic carbocycles. The molecule has 5 heteroatoms. The fourth-order valence-electron chi connectivity index (χ4n) is 2.79. The molecule has 0 bridgehead atoms. The number of halogens is 1. The third kappa shape index (κ3) is 5.06. The van der Waals surface area contributed by atoms with Crippen molar-refractivity contribution in [2.24, 2.45) is 0 Å². The first-order valence-electron chi connectivity index (χ1n) is 8.42. The van der Waals surface area contributed by atoms with Crippen molar-refractivity contribution in [1.29, 1.82) is 0 Å². The fourth-order valence-corrected chi connectivity index (χ4v) is 3.41. The Morgan fingerprint density at radius 2 is 1.80 bits per heavy atom. The number of amides is 1. The lowest BCUT2D eigenvalue weighted by molar-refractivity contribution is 0.0453. The average molecular weight is 406 g/mol. The summed E-state index contributed by atoms with van der Waals surface area (Å²) in [5.74, 6) is 0. The second-order valence-corrected chi connectivity index (χ2v) is 6.74. The molecule has 0 saturated heterocycles. The lowest BCUT2D eigenvalue weighted by atomic mass is 10.0. The van der Waals surface area contributed by atoms with Crippen molar-refractivity contribution in [1.82, 2.24) is 4.90 Å². The van der Waals surface area contributed by atoms with E-state index in [1.54, 1.807) is 4.90 Å². The van der Waals surface area contributed by atoms with E-state index in [0.717, 1.165) is 15.6 Å². The van der Waals surface area contributed by atoms with Gasteiger partial charge in [0.25, 0.3) is 0 Å². The maximum Gasteiger partial charge on any atom is 0.410 e. The summed E-state index contributed by atoms with van der Waals surface area (Å²) in [6.45, 7) is 4.00. The molecule has 2 aromatic rings. The Morgan fingerprint density at radius 1 is 1.16 bits per heavy atom. The van der Waals surface area contributed by atoms with Gasteiger partial charge in [-0.05, 0) is 30.5 Å². The van der Waals surface area contributed by atoms with Gasteiger partial charge in [0.15, 0.2) is 0 Å². The molecule has 0 radical (unpaired) electrons. The van der Waals surface area contributed by atoms with Crippen LogP contribution in [0.15, 0.2) is 59.1 Å². The molecule has 2 atom stereocenters. The Hall–Kier alpha value is -1.85. The van der Waals surface area contributed by atoms with Crippen molar-refractivity contribution in [3.63, 3.8) is 0 Å². The lowest BCUT2D eigenvalue weighted by Gasteiger charge is -2.35. The Morgan fingerprint density at radius 3 is 2.40 bits per heavy atom. The number of nitrogens with zero attached hydrogens (tertiary/aromatic N) is 1. The highest BCUT2D eigenvalue weighted by molar-refractivity contribution is 9.10. The first-order chi connectivity index (χ1) is 12.1. The Bertz CT molecular complexity index is 674.